The predicted octanol–water partition coefficient (Wildman–Crippen LogP) is 2.06. The molecule has 2 saturated heterocycles. The number of nitrogens with zero attached hydrogens (tertiary/aromatic N) is 2. The summed E-state index contributed by atoms with van der Waals surface area (Å²) < 4.78 is 0. The molecule has 2 atom stereocenters. The van der Waals surface area contributed by atoms with Crippen LogP contribution in [0.1, 0.15) is 33.6 Å². The SMILES string of the molecule is CCN1CCC2CCN(CC(C)C)CC21. The summed E-state index contributed by atoms with van der Waals surface area (Å²) in [5.41, 5.74) is 0. The Morgan fingerprint density at radius 2 is 1.93 bits per heavy atom. The lowest BCUT2D eigenvalue weighted by molar-refractivity contribution is 0.0992. The molecule has 0 aliphatic carbocycles. The minimum atomic E-state index is 0.818. The van der Waals surface area contributed by atoms with E-state index in [4.69, 9.17) is 0 Å². The Hall–Kier alpha value is -0.0800. The number of hydrogen-bond acceptors (Lipinski definition) is 2. The van der Waals surface area contributed by atoms with E-state index in [1.807, 2.05) is 0 Å². The number of rotatable bonds is 3. The summed E-state index contributed by atoms with van der Waals surface area (Å²) in [6.45, 7) is 13.5. The van der Waals surface area contributed by atoms with Gasteiger partial charge in [0.15, 0.2) is 0 Å². The maximum absolute atomic E-state index is 2.69. The topological polar surface area (TPSA) is 6.48 Å². The van der Waals surface area contributed by atoms with Crippen molar-refractivity contribution in [1.82, 2.24) is 9.80 Å². The molecule has 2 unspecified atom stereocenters. The highest BCUT2D eigenvalue weighted by Gasteiger charge is 2.37. The van der Waals surface area contributed by atoms with Gasteiger partial charge >= 0.3 is 0 Å². The first kappa shape index (κ1) is 11.4. The predicted molar refractivity (Wildman–Crippen MR) is 65.0 cm³/mol. The molecule has 0 N–H and O–H groups in total. The van der Waals surface area contributed by atoms with Gasteiger partial charge in [-0.2, -0.15) is 0 Å². The van der Waals surface area contributed by atoms with Gasteiger partial charge in [0.1, 0.15) is 0 Å². The third-order valence-corrected chi connectivity index (χ3v) is 4.09. The molecule has 2 heteroatoms. The average Bonchev–Trinajstić information content (AvgIpc) is 2.59. The summed E-state index contributed by atoms with van der Waals surface area (Å²) in [6, 6.07) is 0.877. The molecule has 0 aromatic heterocycles. The van der Waals surface area contributed by atoms with Crippen LogP contribution in [-0.2, 0) is 0 Å². The molecular formula is C13H26N2. The van der Waals surface area contributed by atoms with Crippen molar-refractivity contribution in [1.29, 1.82) is 0 Å². The van der Waals surface area contributed by atoms with E-state index in [9.17, 15) is 0 Å². The molecule has 2 fully saturated rings. The monoisotopic (exact) mass is 210 g/mol. The average molecular weight is 210 g/mol. The Morgan fingerprint density at radius 1 is 1.20 bits per heavy atom. The van der Waals surface area contributed by atoms with Crippen molar-refractivity contribution in [2.75, 3.05) is 32.7 Å². The lowest BCUT2D eigenvalue weighted by Crippen LogP contribution is -2.48. The first-order chi connectivity index (χ1) is 7.20. The zero-order valence-corrected chi connectivity index (χ0v) is 10.6. The zero-order valence-electron chi connectivity index (χ0n) is 10.6. The van der Waals surface area contributed by atoms with E-state index in [1.165, 1.54) is 45.6 Å². The molecule has 2 rings (SSSR count). The van der Waals surface area contributed by atoms with E-state index in [2.05, 4.69) is 30.6 Å². The van der Waals surface area contributed by atoms with Crippen molar-refractivity contribution in [3.8, 4) is 0 Å². The molecule has 0 amide bonds. The van der Waals surface area contributed by atoms with Crippen LogP contribution in [0.2, 0.25) is 0 Å². The molecule has 0 radical (unpaired) electrons. The van der Waals surface area contributed by atoms with Gasteiger partial charge in [-0.15, -0.1) is 0 Å². The minimum Gasteiger partial charge on any atom is -0.302 e. The van der Waals surface area contributed by atoms with E-state index < -0.39 is 0 Å². The van der Waals surface area contributed by atoms with Gasteiger partial charge in [-0.3, -0.25) is 4.90 Å². The second-order valence-corrected chi connectivity index (χ2v) is 5.69. The van der Waals surface area contributed by atoms with Crippen LogP contribution in [0.4, 0.5) is 0 Å². The van der Waals surface area contributed by atoms with E-state index in [0.717, 1.165) is 17.9 Å². The first-order valence-corrected chi connectivity index (χ1v) is 6.67. The quantitative estimate of drug-likeness (QED) is 0.703. The van der Waals surface area contributed by atoms with E-state index in [-0.39, 0.29) is 0 Å². The summed E-state index contributed by atoms with van der Waals surface area (Å²) in [6.07, 6.45) is 2.89. The zero-order chi connectivity index (χ0) is 10.8. The Balaban J connectivity index is 1.90. The highest BCUT2D eigenvalue weighted by Crippen LogP contribution is 2.31. The molecule has 2 aliphatic heterocycles. The maximum Gasteiger partial charge on any atom is 0.0252 e. The molecule has 0 spiro atoms. The highest BCUT2D eigenvalue weighted by atomic mass is 15.3. The van der Waals surface area contributed by atoms with Gasteiger partial charge in [-0.1, -0.05) is 20.8 Å². The van der Waals surface area contributed by atoms with Crippen molar-refractivity contribution in [2.24, 2.45) is 11.8 Å². The van der Waals surface area contributed by atoms with Crippen molar-refractivity contribution in [2.45, 2.75) is 39.7 Å². The van der Waals surface area contributed by atoms with Gasteiger partial charge in [0.2, 0.25) is 0 Å². The van der Waals surface area contributed by atoms with Crippen LogP contribution in [0.5, 0.6) is 0 Å². The fourth-order valence-corrected chi connectivity index (χ4v) is 3.37. The van der Waals surface area contributed by atoms with Gasteiger partial charge in [0, 0.05) is 19.1 Å². The van der Waals surface area contributed by atoms with E-state index in [0.29, 0.717) is 0 Å². The van der Waals surface area contributed by atoms with Crippen LogP contribution in [0.15, 0.2) is 0 Å². The number of fused-ring (bicyclic) bond motifs is 1. The van der Waals surface area contributed by atoms with Crippen LogP contribution in [0.25, 0.3) is 0 Å². The third-order valence-electron chi connectivity index (χ3n) is 4.09. The van der Waals surface area contributed by atoms with Gasteiger partial charge in [0.25, 0.3) is 0 Å². The van der Waals surface area contributed by atoms with Gasteiger partial charge in [-0.25, -0.2) is 0 Å². The Bertz CT molecular complexity index is 197. The van der Waals surface area contributed by atoms with Crippen LogP contribution in [-0.4, -0.2) is 48.6 Å². The van der Waals surface area contributed by atoms with Crippen LogP contribution >= 0.6 is 0 Å². The van der Waals surface area contributed by atoms with Crippen molar-refractivity contribution in [3.63, 3.8) is 0 Å². The van der Waals surface area contributed by atoms with Crippen molar-refractivity contribution in [3.05, 3.63) is 0 Å². The van der Waals surface area contributed by atoms with E-state index >= 15 is 0 Å². The van der Waals surface area contributed by atoms with Gasteiger partial charge < -0.3 is 4.90 Å². The molecule has 0 aromatic carbocycles. The smallest absolute Gasteiger partial charge is 0.0252 e. The molecule has 2 nitrogen and oxygen atoms in total. The first-order valence-electron chi connectivity index (χ1n) is 6.67. The third kappa shape index (κ3) is 2.54. The number of likely N-dealkylation sites (tertiary alicyclic amines) is 2. The lowest BCUT2D eigenvalue weighted by Gasteiger charge is -2.39. The fourth-order valence-electron chi connectivity index (χ4n) is 3.37. The fraction of sp³-hybridized carbons (Fsp3) is 1.00. The van der Waals surface area contributed by atoms with Crippen molar-refractivity contribution < 1.29 is 0 Å². The Labute approximate surface area is 94.6 Å². The van der Waals surface area contributed by atoms with Gasteiger partial charge in [-0.05, 0) is 44.3 Å². The lowest BCUT2D eigenvalue weighted by atomic mass is 9.92. The number of piperidine rings is 1. The molecule has 2 heterocycles. The maximum atomic E-state index is 2.69. The van der Waals surface area contributed by atoms with Gasteiger partial charge in [0.05, 0.1) is 0 Å². The minimum absolute atomic E-state index is 0.818. The number of hydrogen-bond donors (Lipinski definition) is 0. The summed E-state index contributed by atoms with van der Waals surface area (Å²) in [4.78, 5) is 5.37. The molecule has 88 valence electrons. The van der Waals surface area contributed by atoms with Crippen LogP contribution < -0.4 is 0 Å². The van der Waals surface area contributed by atoms with Crippen molar-refractivity contribution >= 4 is 0 Å². The largest absolute Gasteiger partial charge is 0.302 e. The second-order valence-electron chi connectivity index (χ2n) is 5.69. The normalized spacial score (nSPS) is 33.6. The summed E-state index contributed by atoms with van der Waals surface area (Å²) in [5, 5.41) is 0. The molecular weight excluding hydrogens is 184 g/mol. The number of likely N-dealkylation sites (N-methyl/N-ethyl adjacent to an activating group) is 1. The molecule has 0 aromatic rings. The molecule has 2 aliphatic rings. The highest BCUT2D eigenvalue weighted by molar-refractivity contribution is 4.92. The summed E-state index contributed by atoms with van der Waals surface area (Å²) >= 11 is 0. The van der Waals surface area contributed by atoms with Crippen LogP contribution in [0, 0.1) is 11.8 Å². The van der Waals surface area contributed by atoms with Crippen LogP contribution in [0.3, 0.4) is 0 Å². The standard InChI is InChI=1S/C13H26N2/c1-4-15-8-6-12-5-7-14(9-11(2)3)10-13(12)15/h11-13H,4-10H2,1-3H3. The second kappa shape index (κ2) is 4.84. The molecule has 0 bridgehead atoms. The molecule has 15 heavy (non-hydrogen) atoms. The molecule has 0 saturated carbocycles. The summed E-state index contributed by atoms with van der Waals surface area (Å²) in [5.74, 6) is 1.83. The Morgan fingerprint density at radius 3 is 2.60 bits per heavy atom. The van der Waals surface area contributed by atoms with E-state index in [1.54, 1.807) is 0 Å². The summed E-state index contributed by atoms with van der Waals surface area (Å²) in [7, 11) is 0. The Kier molecular flexibility index (Phi) is 3.68.